The molecule has 122 valence electrons. The second-order valence-electron chi connectivity index (χ2n) is 4.98. The number of rotatable bonds is 4. The van der Waals surface area contributed by atoms with Crippen LogP contribution in [0.4, 0.5) is 5.69 Å². The molecule has 24 heavy (non-hydrogen) atoms. The number of hydrogen-bond acceptors (Lipinski definition) is 3. The first kappa shape index (κ1) is 18.3. The molecule has 7 heteroatoms. The Morgan fingerprint density at radius 2 is 1.75 bits per heavy atom. The van der Waals surface area contributed by atoms with Crippen molar-refractivity contribution >= 4 is 52.2 Å². The zero-order valence-electron chi connectivity index (χ0n) is 12.4. The number of nitriles is 1. The Bertz CT molecular complexity index is 839. The van der Waals surface area contributed by atoms with Gasteiger partial charge in [0, 0.05) is 26.3 Å². The fourth-order valence-electron chi connectivity index (χ4n) is 2.12. The Hall–Kier alpha value is -2.06. The van der Waals surface area contributed by atoms with E-state index in [0.717, 1.165) is 0 Å². The maximum Gasteiger partial charge on any atom is 0.293 e. The van der Waals surface area contributed by atoms with E-state index in [1.165, 1.54) is 12.1 Å². The lowest BCUT2D eigenvalue weighted by atomic mass is 9.95. The second kappa shape index (κ2) is 7.67. The minimum absolute atomic E-state index is 0.122. The van der Waals surface area contributed by atoms with E-state index in [9.17, 15) is 14.9 Å². The van der Waals surface area contributed by atoms with Gasteiger partial charge in [-0.1, -0.05) is 40.9 Å². The summed E-state index contributed by atoms with van der Waals surface area (Å²) in [5.74, 6) is -3.26. The zero-order valence-corrected chi connectivity index (χ0v) is 14.7. The molecule has 0 bridgehead atoms. The Labute approximate surface area is 153 Å². The first-order chi connectivity index (χ1) is 11.3. The molecule has 2 aromatic carbocycles. The van der Waals surface area contributed by atoms with Gasteiger partial charge in [-0.15, -0.1) is 0 Å². The number of ketones is 1. The lowest BCUT2D eigenvalue weighted by Gasteiger charge is -2.13. The van der Waals surface area contributed by atoms with Crippen LogP contribution in [0.2, 0.25) is 15.1 Å². The first-order valence-corrected chi connectivity index (χ1v) is 7.93. The van der Waals surface area contributed by atoms with Crippen molar-refractivity contribution in [2.45, 2.75) is 12.8 Å². The highest BCUT2D eigenvalue weighted by atomic mass is 35.5. The normalized spacial score (nSPS) is 11.5. The maximum atomic E-state index is 12.4. The minimum atomic E-state index is -1.39. The van der Waals surface area contributed by atoms with E-state index in [1.54, 1.807) is 37.3 Å². The molecule has 0 aliphatic rings. The van der Waals surface area contributed by atoms with Gasteiger partial charge in [0.1, 0.15) is 5.92 Å². The maximum absolute atomic E-state index is 12.4. The number of hydrogen-bond donors (Lipinski definition) is 1. The van der Waals surface area contributed by atoms with Gasteiger partial charge in [-0.05, 0) is 42.8 Å². The molecule has 1 N–H and O–H groups in total. The number of carbonyl (C=O) groups is 2. The summed E-state index contributed by atoms with van der Waals surface area (Å²) in [6, 6.07) is 11.2. The van der Waals surface area contributed by atoms with Crippen LogP contribution in [0.1, 0.15) is 17.0 Å². The number of amides is 1. The van der Waals surface area contributed by atoms with Crippen LogP contribution in [0.5, 0.6) is 0 Å². The third-order valence-electron chi connectivity index (χ3n) is 3.34. The van der Waals surface area contributed by atoms with Gasteiger partial charge in [-0.25, -0.2) is 0 Å². The average molecular weight is 382 g/mol. The quantitative estimate of drug-likeness (QED) is 0.775. The molecule has 0 spiro atoms. The Morgan fingerprint density at radius 1 is 1.12 bits per heavy atom. The number of nitrogens with one attached hydrogen (secondary N) is 1. The summed E-state index contributed by atoms with van der Waals surface area (Å²) in [4.78, 5) is 24.6. The van der Waals surface area contributed by atoms with Gasteiger partial charge in [0.2, 0.25) is 5.78 Å². The highest BCUT2D eigenvalue weighted by molar-refractivity contribution is 6.44. The number of Topliss-reactive ketones (excluding diaryl/α,β-unsaturated/α-hetero) is 1. The molecule has 0 radical (unpaired) electrons. The summed E-state index contributed by atoms with van der Waals surface area (Å²) in [6.45, 7) is 1.73. The summed E-state index contributed by atoms with van der Waals surface area (Å²) in [6.07, 6.45) is 0. The number of halogens is 3. The fourth-order valence-corrected chi connectivity index (χ4v) is 2.97. The van der Waals surface area contributed by atoms with E-state index < -0.39 is 17.6 Å². The van der Waals surface area contributed by atoms with Crippen LogP contribution in [0.25, 0.3) is 0 Å². The molecule has 2 rings (SSSR count). The standard InChI is InChI=1S/C17H11Cl3N2O2/c1-9-7-10(18)5-6-14(9)22-17(24)16(23)11(8-21)15-12(19)3-2-4-13(15)20/h2-7,11H,1H3,(H,22,24)/t11-/m1/s1. The van der Waals surface area contributed by atoms with Gasteiger partial charge in [-0.3, -0.25) is 9.59 Å². The summed E-state index contributed by atoms with van der Waals surface area (Å²) in [5, 5.41) is 12.6. The molecule has 1 amide bonds. The van der Waals surface area contributed by atoms with Crippen molar-refractivity contribution in [3.63, 3.8) is 0 Å². The number of benzene rings is 2. The van der Waals surface area contributed by atoms with Crippen LogP contribution in [0.15, 0.2) is 36.4 Å². The van der Waals surface area contributed by atoms with Gasteiger partial charge < -0.3 is 5.32 Å². The van der Waals surface area contributed by atoms with Gasteiger partial charge >= 0.3 is 0 Å². The molecule has 4 nitrogen and oxygen atoms in total. The Balaban J connectivity index is 2.29. The molecule has 0 unspecified atom stereocenters. The van der Waals surface area contributed by atoms with Crippen molar-refractivity contribution < 1.29 is 9.59 Å². The molecule has 0 aliphatic carbocycles. The fraction of sp³-hybridized carbons (Fsp3) is 0.118. The molecule has 1 atom stereocenters. The van der Waals surface area contributed by atoms with Crippen LogP contribution >= 0.6 is 34.8 Å². The molecule has 0 saturated heterocycles. The summed E-state index contributed by atoms with van der Waals surface area (Å²) in [5.41, 5.74) is 1.24. The molecule has 0 saturated carbocycles. The number of carbonyl (C=O) groups excluding carboxylic acids is 2. The lowest BCUT2D eigenvalue weighted by Crippen LogP contribution is -2.28. The van der Waals surface area contributed by atoms with Crippen molar-refractivity contribution in [2.24, 2.45) is 0 Å². The Kier molecular flexibility index (Phi) is 5.84. The van der Waals surface area contributed by atoms with Crippen LogP contribution in [-0.4, -0.2) is 11.7 Å². The lowest BCUT2D eigenvalue weighted by molar-refractivity contribution is -0.135. The number of aryl methyl sites for hydroxylation is 1. The summed E-state index contributed by atoms with van der Waals surface area (Å²) < 4.78 is 0. The van der Waals surface area contributed by atoms with Crippen molar-refractivity contribution in [3.05, 3.63) is 62.6 Å². The van der Waals surface area contributed by atoms with E-state index >= 15 is 0 Å². The largest absolute Gasteiger partial charge is 0.319 e. The van der Waals surface area contributed by atoms with Crippen LogP contribution in [0, 0.1) is 18.3 Å². The van der Waals surface area contributed by atoms with Crippen LogP contribution in [-0.2, 0) is 9.59 Å². The van der Waals surface area contributed by atoms with Crippen molar-refractivity contribution in [3.8, 4) is 6.07 Å². The summed E-state index contributed by atoms with van der Waals surface area (Å²) in [7, 11) is 0. The molecule has 0 aromatic heterocycles. The molecule has 0 heterocycles. The molecule has 0 aliphatic heterocycles. The second-order valence-corrected chi connectivity index (χ2v) is 6.23. The number of nitrogens with zero attached hydrogens (tertiary/aromatic N) is 1. The van der Waals surface area contributed by atoms with E-state index in [0.29, 0.717) is 16.3 Å². The monoisotopic (exact) mass is 380 g/mol. The van der Waals surface area contributed by atoms with E-state index in [-0.39, 0.29) is 15.6 Å². The third-order valence-corrected chi connectivity index (χ3v) is 4.23. The zero-order chi connectivity index (χ0) is 17.9. The van der Waals surface area contributed by atoms with E-state index in [2.05, 4.69) is 5.32 Å². The number of anilines is 1. The van der Waals surface area contributed by atoms with Gasteiger partial charge in [-0.2, -0.15) is 5.26 Å². The highest BCUT2D eigenvalue weighted by Crippen LogP contribution is 2.32. The van der Waals surface area contributed by atoms with Crippen molar-refractivity contribution in [1.29, 1.82) is 5.26 Å². The van der Waals surface area contributed by atoms with E-state index in [1.807, 2.05) is 0 Å². The van der Waals surface area contributed by atoms with Gasteiger partial charge in [0.15, 0.2) is 0 Å². The minimum Gasteiger partial charge on any atom is -0.319 e. The smallest absolute Gasteiger partial charge is 0.293 e. The third kappa shape index (κ3) is 3.88. The molecular weight excluding hydrogens is 371 g/mol. The van der Waals surface area contributed by atoms with Crippen molar-refractivity contribution in [2.75, 3.05) is 5.32 Å². The topological polar surface area (TPSA) is 70.0 Å². The molecular formula is C17H11Cl3N2O2. The van der Waals surface area contributed by atoms with Gasteiger partial charge in [0.25, 0.3) is 5.91 Å². The van der Waals surface area contributed by atoms with Gasteiger partial charge in [0.05, 0.1) is 6.07 Å². The van der Waals surface area contributed by atoms with E-state index in [4.69, 9.17) is 34.8 Å². The summed E-state index contributed by atoms with van der Waals surface area (Å²) >= 11 is 17.9. The SMILES string of the molecule is Cc1cc(Cl)ccc1NC(=O)C(=O)[C@H](C#N)c1c(Cl)cccc1Cl. The molecule has 0 fully saturated rings. The predicted octanol–water partition coefficient (Wildman–Crippen LogP) is 4.77. The molecule has 2 aromatic rings. The van der Waals surface area contributed by atoms with Crippen molar-refractivity contribution in [1.82, 2.24) is 0 Å². The average Bonchev–Trinajstić information content (AvgIpc) is 2.53. The van der Waals surface area contributed by atoms with Crippen LogP contribution in [0.3, 0.4) is 0 Å². The first-order valence-electron chi connectivity index (χ1n) is 6.80. The Morgan fingerprint density at radius 3 is 2.29 bits per heavy atom. The predicted molar refractivity (Wildman–Crippen MR) is 94.6 cm³/mol. The highest BCUT2D eigenvalue weighted by Gasteiger charge is 2.30. The van der Waals surface area contributed by atoms with Crippen LogP contribution < -0.4 is 5.32 Å².